The molecule has 0 amide bonds. The first-order valence-corrected chi connectivity index (χ1v) is 5.33. The lowest BCUT2D eigenvalue weighted by molar-refractivity contribution is 0.299. The van der Waals surface area contributed by atoms with Gasteiger partial charge in [0.25, 0.3) is 0 Å². The number of nitrogens with one attached hydrogen (secondary N) is 3. The number of H-pyrrole nitrogens is 1. The zero-order valence-corrected chi connectivity index (χ0v) is 8.58. The van der Waals surface area contributed by atoms with Gasteiger partial charge in [0.2, 0.25) is 0 Å². The Morgan fingerprint density at radius 1 is 1.53 bits per heavy atom. The third kappa shape index (κ3) is 2.90. The molecule has 0 aromatic carbocycles. The van der Waals surface area contributed by atoms with E-state index in [0.29, 0.717) is 18.3 Å². The van der Waals surface area contributed by atoms with Crippen LogP contribution in [0.2, 0.25) is 0 Å². The van der Waals surface area contributed by atoms with Crippen LogP contribution >= 0.6 is 0 Å². The molecule has 3 N–H and O–H groups in total. The summed E-state index contributed by atoms with van der Waals surface area (Å²) >= 11 is 0. The lowest BCUT2D eigenvalue weighted by Crippen LogP contribution is -2.41. The van der Waals surface area contributed by atoms with Crippen LogP contribution in [0.3, 0.4) is 0 Å². The Morgan fingerprint density at radius 2 is 2.47 bits per heavy atom. The summed E-state index contributed by atoms with van der Waals surface area (Å²) in [5, 5.41) is 12.3. The Kier molecular flexibility index (Phi) is 3.52. The van der Waals surface area contributed by atoms with Crippen LogP contribution in [0.15, 0.2) is 9.42 Å². The average molecular weight is 212 g/mol. The first-order valence-electron chi connectivity index (χ1n) is 5.33. The molecule has 15 heavy (non-hydrogen) atoms. The van der Waals surface area contributed by atoms with Crippen molar-refractivity contribution in [3.05, 3.63) is 16.0 Å². The van der Waals surface area contributed by atoms with Crippen molar-refractivity contribution in [2.75, 3.05) is 13.1 Å². The third-order valence-electron chi connectivity index (χ3n) is 2.65. The summed E-state index contributed by atoms with van der Waals surface area (Å²) in [6, 6.07) is 0.518. The molecule has 1 aromatic rings. The fourth-order valence-electron chi connectivity index (χ4n) is 1.80. The molecule has 1 fully saturated rings. The number of aromatic nitrogens is 2. The van der Waals surface area contributed by atoms with Crippen molar-refractivity contribution in [3.8, 4) is 0 Å². The van der Waals surface area contributed by atoms with Gasteiger partial charge in [0.15, 0.2) is 5.69 Å². The van der Waals surface area contributed by atoms with E-state index in [1.807, 2.05) is 0 Å². The number of rotatable bonds is 4. The van der Waals surface area contributed by atoms with Crippen LogP contribution in [-0.4, -0.2) is 29.4 Å². The van der Waals surface area contributed by atoms with Crippen LogP contribution in [-0.2, 0) is 6.54 Å². The van der Waals surface area contributed by atoms with E-state index >= 15 is 0 Å². The summed E-state index contributed by atoms with van der Waals surface area (Å²) in [7, 11) is 0. The van der Waals surface area contributed by atoms with Gasteiger partial charge in [-0.15, -0.1) is 0 Å². The van der Waals surface area contributed by atoms with Crippen molar-refractivity contribution < 1.29 is 4.63 Å². The van der Waals surface area contributed by atoms with Crippen LogP contribution in [0, 0.1) is 0 Å². The average Bonchev–Trinajstić information content (AvgIpc) is 2.66. The molecule has 1 aromatic heterocycles. The van der Waals surface area contributed by atoms with Crippen LogP contribution in [0.4, 0.5) is 0 Å². The minimum Gasteiger partial charge on any atom is -0.313 e. The molecule has 0 bridgehead atoms. The monoisotopic (exact) mass is 212 g/mol. The first-order chi connectivity index (χ1) is 7.36. The van der Waals surface area contributed by atoms with E-state index in [0.717, 1.165) is 13.1 Å². The Labute approximate surface area is 87.4 Å². The zero-order valence-electron chi connectivity index (χ0n) is 8.58. The van der Waals surface area contributed by atoms with Crippen molar-refractivity contribution in [1.29, 1.82) is 0 Å². The maximum absolute atomic E-state index is 11.0. The quantitative estimate of drug-likeness (QED) is 0.632. The highest BCUT2D eigenvalue weighted by atomic mass is 16.6. The molecule has 1 saturated heterocycles. The maximum Gasteiger partial charge on any atom is 0.305 e. The zero-order chi connectivity index (χ0) is 10.5. The van der Waals surface area contributed by atoms with Gasteiger partial charge in [0.1, 0.15) is 0 Å². The molecule has 84 valence electrons. The highest BCUT2D eigenvalue weighted by molar-refractivity contribution is 4.90. The van der Waals surface area contributed by atoms with Crippen LogP contribution in [0.25, 0.3) is 0 Å². The van der Waals surface area contributed by atoms with Crippen molar-refractivity contribution in [3.63, 3.8) is 0 Å². The van der Waals surface area contributed by atoms with Gasteiger partial charge in [-0.2, -0.15) is 5.16 Å². The van der Waals surface area contributed by atoms with Gasteiger partial charge < -0.3 is 10.6 Å². The van der Waals surface area contributed by atoms with Gasteiger partial charge in [-0.3, -0.25) is 9.42 Å². The molecule has 1 aliphatic heterocycles. The van der Waals surface area contributed by atoms with E-state index in [4.69, 9.17) is 0 Å². The Balaban J connectivity index is 1.70. The van der Waals surface area contributed by atoms with Crippen molar-refractivity contribution in [1.82, 2.24) is 20.9 Å². The minimum atomic E-state index is -0.251. The third-order valence-corrected chi connectivity index (χ3v) is 2.65. The molecule has 0 radical (unpaired) electrons. The summed E-state index contributed by atoms with van der Waals surface area (Å²) in [4.78, 5) is 11.0. The van der Waals surface area contributed by atoms with E-state index < -0.39 is 0 Å². The fourth-order valence-corrected chi connectivity index (χ4v) is 1.80. The summed E-state index contributed by atoms with van der Waals surface area (Å²) in [5.74, 6) is 0. The summed E-state index contributed by atoms with van der Waals surface area (Å²) in [6.07, 6.45) is 3.74. The number of aromatic amines is 1. The number of hydrogen-bond donors (Lipinski definition) is 3. The predicted molar refractivity (Wildman–Crippen MR) is 54.5 cm³/mol. The second-order valence-corrected chi connectivity index (χ2v) is 3.84. The molecular formula is C9H16N4O2. The SMILES string of the molecule is O=c1[nH]onc1CNCC1CCCCN1. The second-order valence-electron chi connectivity index (χ2n) is 3.84. The number of hydrogen-bond acceptors (Lipinski definition) is 5. The van der Waals surface area contributed by atoms with Gasteiger partial charge in [0.05, 0.1) is 0 Å². The standard InChI is InChI=1S/C9H16N4O2/c14-9-8(12-15-13-9)6-10-5-7-3-1-2-4-11-7/h7,10-11H,1-6H2,(H,13,14). The Hall–Kier alpha value is -1.14. The molecule has 0 saturated carbocycles. The molecule has 6 nitrogen and oxygen atoms in total. The molecule has 0 aliphatic carbocycles. The lowest BCUT2D eigenvalue weighted by Gasteiger charge is -2.23. The normalized spacial score (nSPS) is 21.7. The highest BCUT2D eigenvalue weighted by Crippen LogP contribution is 2.05. The van der Waals surface area contributed by atoms with Crippen LogP contribution in [0.1, 0.15) is 25.0 Å². The molecule has 1 unspecified atom stereocenters. The Bertz CT molecular complexity index is 340. The number of nitrogens with zero attached hydrogens (tertiary/aromatic N) is 1. The second kappa shape index (κ2) is 5.09. The van der Waals surface area contributed by atoms with Gasteiger partial charge in [0, 0.05) is 19.1 Å². The smallest absolute Gasteiger partial charge is 0.305 e. The van der Waals surface area contributed by atoms with Crippen LogP contribution < -0.4 is 16.2 Å². The molecule has 2 rings (SSSR count). The Morgan fingerprint density at radius 3 is 3.13 bits per heavy atom. The largest absolute Gasteiger partial charge is 0.313 e. The van der Waals surface area contributed by atoms with Gasteiger partial charge in [-0.05, 0) is 19.4 Å². The van der Waals surface area contributed by atoms with E-state index in [-0.39, 0.29) is 5.56 Å². The molecule has 1 atom stereocenters. The van der Waals surface area contributed by atoms with Crippen LogP contribution in [0.5, 0.6) is 0 Å². The highest BCUT2D eigenvalue weighted by Gasteiger charge is 2.12. The van der Waals surface area contributed by atoms with Crippen molar-refractivity contribution in [2.24, 2.45) is 0 Å². The molecule has 1 aliphatic rings. The lowest BCUT2D eigenvalue weighted by atomic mass is 10.1. The first kappa shape index (κ1) is 10.4. The summed E-state index contributed by atoms with van der Waals surface area (Å²) < 4.78 is 4.44. The fraction of sp³-hybridized carbons (Fsp3) is 0.778. The topological polar surface area (TPSA) is 83.0 Å². The van der Waals surface area contributed by atoms with E-state index in [1.54, 1.807) is 0 Å². The van der Waals surface area contributed by atoms with Gasteiger partial charge >= 0.3 is 5.56 Å². The maximum atomic E-state index is 11.0. The molecule has 2 heterocycles. The number of piperidine rings is 1. The van der Waals surface area contributed by atoms with E-state index in [2.05, 4.69) is 25.6 Å². The van der Waals surface area contributed by atoms with Crippen molar-refractivity contribution >= 4 is 0 Å². The van der Waals surface area contributed by atoms with E-state index in [1.165, 1.54) is 19.3 Å². The minimum absolute atomic E-state index is 0.251. The molecule has 6 heteroatoms. The predicted octanol–water partition coefficient (Wildman–Crippen LogP) is -0.405. The van der Waals surface area contributed by atoms with Gasteiger partial charge in [-0.25, -0.2) is 0 Å². The van der Waals surface area contributed by atoms with Gasteiger partial charge in [-0.1, -0.05) is 11.6 Å². The molecular weight excluding hydrogens is 196 g/mol. The summed E-state index contributed by atoms with van der Waals surface area (Å²) in [6.45, 7) is 2.42. The van der Waals surface area contributed by atoms with E-state index in [9.17, 15) is 4.79 Å². The van der Waals surface area contributed by atoms with Crippen molar-refractivity contribution in [2.45, 2.75) is 31.8 Å². The molecule has 0 spiro atoms. The summed E-state index contributed by atoms with van der Waals surface area (Å²) in [5.41, 5.74) is 0.157.